The Labute approximate surface area is 411 Å². The molecule has 5 aliphatic rings. The van der Waals surface area contributed by atoms with Crippen molar-refractivity contribution in [2.45, 2.75) is 109 Å². The van der Waals surface area contributed by atoms with E-state index in [1.807, 2.05) is 51.1 Å². The summed E-state index contributed by atoms with van der Waals surface area (Å²) in [6.07, 6.45) is 10.2. The highest BCUT2D eigenvalue weighted by atomic mass is 16.5. The molecule has 2 aromatic carbocycles. The normalized spacial score (nSPS) is 25.4. The van der Waals surface area contributed by atoms with Crippen LogP contribution in [-0.2, 0) is 46.4 Å². The summed E-state index contributed by atoms with van der Waals surface area (Å²) < 4.78 is 14.8. The number of piperidine rings is 1. The Balaban J connectivity index is 1.16. The fourth-order valence-electron chi connectivity index (χ4n) is 11.6. The standard InChI is InChI=1S/C54H70N8O8/c1-10-20-55-40-30-44-46-38-29-34(16-17-42(38)59(44)11-2)35-25-33(26-36(63)28-35)27-41(52(67)62-22-12-14-39(57-62)53(68)70-31-54(5,6)47(46)49(40)69-9)56-50(65)48(32(3)4)61-24-19-43-37(51(61)66)18-23-60(43)45(64)15-13-21-58(7)8/h10,13,15-17,20,25-26,28-30,32,37,39,41,43,47-49,57,63H,1,11-12,14,18-19,21-24,27,31H2,2-9H3,(H,56,65)/b15-13+,55-20?/t37?,39-,41-,43?,47?,48-,49+/m0/s1. The third-order valence-corrected chi connectivity index (χ3v) is 14.8. The second kappa shape index (κ2) is 20.7. The van der Waals surface area contributed by atoms with Crippen LogP contribution in [0.5, 0.6) is 5.75 Å². The average Bonchev–Trinajstić information content (AvgIpc) is 3.91. The van der Waals surface area contributed by atoms with Gasteiger partial charge in [-0.05, 0) is 105 Å². The van der Waals surface area contributed by atoms with Crippen molar-refractivity contribution in [1.29, 1.82) is 0 Å². The van der Waals surface area contributed by atoms with Crippen LogP contribution in [0.4, 0.5) is 0 Å². The molecule has 3 N–H and O–H groups in total. The number of aromatic hydroxyl groups is 1. The summed E-state index contributed by atoms with van der Waals surface area (Å²) in [7, 11) is 5.52. The number of phenolic OH excluding ortho intramolecular Hbond substituents is 1. The van der Waals surface area contributed by atoms with E-state index in [0.717, 1.165) is 33.4 Å². The van der Waals surface area contributed by atoms with Crippen molar-refractivity contribution in [1.82, 2.24) is 35.0 Å². The molecule has 374 valence electrons. The number of aliphatic imine (C=N–C) groups is 1. The van der Waals surface area contributed by atoms with Crippen molar-refractivity contribution in [3.63, 3.8) is 0 Å². The molecule has 1 aromatic heterocycles. The summed E-state index contributed by atoms with van der Waals surface area (Å²) in [5.74, 6) is -2.87. The molecule has 4 aliphatic heterocycles. The SMILES string of the molecule is C=CC=NC1=Cc2c3c4cc(ccc4n2CC)-c2cc(O)cc(c2)C[C@H](NC(=O)[C@H](C(C)C)N2CCC4C(CCN4C(=O)/C=C/CN(C)C)C2=O)C(=O)N2CCC[C@H](N2)C(=O)OCC(C)(C)C3[C@@H]1OC. The zero-order valence-corrected chi connectivity index (χ0v) is 41.9. The second-order valence-electron chi connectivity index (χ2n) is 20.7. The number of aromatic nitrogens is 1. The number of methoxy groups -OCH3 is 1. The summed E-state index contributed by atoms with van der Waals surface area (Å²) >= 11 is 0. The van der Waals surface area contributed by atoms with Gasteiger partial charge in [-0.1, -0.05) is 58.6 Å². The molecule has 3 fully saturated rings. The molecule has 1 aliphatic carbocycles. The van der Waals surface area contributed by atoms with Crippen molar-refractivity contribution in [3.8, 4) is 16.9 Å². The number of hydrogen-bond donors (Lipinski definition) is 3. The lowest BCUT2D eigenvalue weighted by Gasteiger charge is -2.42. The largest absolute Gasteiger partial charge is 0.508 e. The van der Waals surface area contributed by atoms with Gasteiger partial charge < -0.3 is 39.2 Å². The van der Waals surface area contributed by atoms with Gasteiger partial charge in [0.1, 0.15) is 30.0 Å². The van der Waals surface area contributed by atoms with Gasteiger partial charge in [-0.25, -0.2) is 5.43 Å². The summed E-state index contributed by atoms with van der Waals surface area (Å²) in [5.41, 5.74) is 8.31. The molecule has 8 rings (SSSR count). The van der Waals surface area contributed by atoms with Gasteiger partial charge in [0, 0.05) is 92.5 Å². The lowest BCUT2D eigenvalue weighted by Crippen LogP contribution is -2.63. The number of phenols is 1. The van der Waals surface area contributed by atoms with Crippen LogP contribution in [0.2, 0.25) is 0 Å². The number of allylic oxidation sites excluding steroid dienone is 1. The summed E-state index contributed by atoms with van der Waals surface area (Å²) in [6, 6.07) is 8.26. The van der Waals surface area contributed by atoms with Crippen molar-refractivity contribution in [2.24, 2.45) is 22.2 Å². The number of carbonyl (C=O) groups is 5. The Morgan fingerprint density at radius 1 is 1.06 bits per heavy atom. The molecular weight excluding hydrogens is 889 g/mol. The molecule has 70 heavy (non-hydrogen) atoms. The number of carbonyl (C=O) groups excluding carboxylic acids is 5. The number of nitrogens with zero attached hydrogens (tertiary/aromatic N) is 6. The number of esters is 1. The maximum atomic E-state index is 14.9. The summed E-state index contributed by atoms with van der Waals surface area (Å²) in [5, 5.41) is 16.8. The Morgan fingerprint density at radius 3 is 2.56 bits per heavy atom. The lowest BCUT2D eigenvalue weighted by molar-refractivity contribution is -0.156. The fourth-order valence-corrected chi connectivity index (χ4v) is 11.6. The fraction of sp³-hybridized carbons (Fsp3) is 0.519. The Hall–Kier alpha value is -6.10. The van der Waals surface area contributed by atoms with Crippen molar-refractivity contribution < 1.29 is 38.6 Å². The predicted octanol–water partition coefficient (Wildman–Crippen LogP) is 5.44. The number of nitrogens with one attached hydrogen (secondary N) is 2. The van der Waals surface area contributed by atoms with E-state index in [2.05, 4.69) is 60.9 Å². The van der Waals surface area contributed by atoms with E-state index >= 15 is 0 Å². The van der Waals surface area contributed by atoms with E-state index in [-0.39, 0.29) is 61.6 Å². The number of hydrazine groups is 1. The first-order valence-corrected chi connectivity index (χ1v) is 24.8. The van der Waals surface area contributed by atoms with E-state index in [0.29, 0.717) is 56.4 Å². The number of fused-ring (bicyclic) bond motifs is 7. The molecule has 7 atom stereocenters. The molecule has 3 aromatic rings. The topological polar surface area (TPSA) is 178 Å². The zero-order valence-electron chi connectivity index (χ0n) is 41.9. The van der Waals surface area contributed by atoms with Crippen LogP contribution in [-0.4, -0.2) is 149 Å². The Kier molecular flexibility index (Phi) is 14.9. The van der Waals surface area contributed by atoms with Crippen LogP contribution in [0.3, 0.4) is 0 Å². The van der Waals surface area contributed by atoms with Crippen molar-refractivity contribution in [2.75, 3.05) is 54.0 Å². The van der Waals surface area contributed by atoms with Crippen LogP contribution in [0, 0.1) is 17.3 Å². The van der Waals surface area contributed by atoms with Crippen LogP contribution >= 0.6 is 0 Å². The lowest BCUT2D eigenvalue weighted by atomic mass is 9.68. The highest BCUT2D eigenvalue weighted by Crippen LogP contribution is 2.51. The molecule has 5 heterocycles. The minimum absolute atomic E-state index is 0.00439. The molecule has 0 saturated carbocycles. The first-order valence-electron chi connectivity index (χ1n) is 24.8. The predicted molar refractivity (Wildman–Crippen MR) is 269 cm³/mol. The number of aryl methyl sites for hydroxylation is 1. The summed E-state index contributed by atoms with van der Waals surface area (Å²) in [6.45, 7) is 16.1. The van der Waals surface area contributed by atoms with Gasteiger partial charge >= 0.3 is 5.97 Å². The maximum absolute atomic E-state index is 14.9. The highest BCUT2D eigenvalue weighted by molar-refractivity contribution is 5.96. The van der Waals surface area contributed by atoms with Crippen LogP contribution < -0.4 is 10.7 Å². The first-order chi connectivity index (χ1) is 33.5. The van der Waals surface area contributed by atoms with Gasteiger partial charge in [0.2, 0.25) is 17.7 Å². The minimum atomic E-state index is -1.16. The number of rotatable bonds is 11. The van der Waals surface area contributed by atoms with Gasteiger partial charge in [0.15, 0.2) is 0 Å². The molecule has 3 saturated heterocycles. The molecule has 4 amide bonds. The van der Waals surface area contributed by atoms with Crippen molar-refractivity contribution >= 4 is 52.8 Å². The van der Waals surface area contributed by atoms with E-state index in [4.69, 9.17) is 14.5 Å². The van der Waals surface area contributed by atoms with E-state index in [9.17, 15) is 29.1 Å². The monoisotopic (exact) mass is 959 g/mol. The number of cyclic esters (lactones) is 1. The third-order valence-electron chi connectivity index (χ3n) is 14.8. The first kappa shape index (κ1) is 50.3. The number of hydrogen-bond acceptors (Lipinski definition) is 11. The highest BCUT2D eigenvalue weighted by Gasteiger charge is 2.49. The number of likely N-dealkylation sites (N-methyl/N-ethyl adjacent to an activating group) is 1. The van der Waals surface area contributed by atoms with Crippen LogP contribution in [0.25, 0.3) is 28.1 Å². The minimum Gasteiger partial charge on any atom is -0.508 e. The Morgan fingerprint density at radius 2 is 1.84 bits per heavy atom. The van der Waals surface area contributed by atoms with Gasteiger partial charge in [-0.3, -0.25) is 34.0 Å². The molecule has 3 unspecified atom stereocenters. The number of ether oxygens (including phenoxy) is 2. The molecule has 16 nitrogen and oxygen atoms in total. The molecule has 0 spiro atoms. The summed E-state index contributed by atoms with van der Waals surface area (Å²) in [4.78, 5) is 81.6. The smallest absolute Gasteiger partial charge is 0.324 e. The van der Waals surface area contributed by atoms with E-state index < -0.39 is 53.3 Å². The Bertz CT molecular complexity index is 2630. The second-order valence-corrected chi connectivity index (χ2v) is 20.7. The maximum Gasteiger partial charge on any atom is 0.324 e. The van der Waals surface area contributed by atoms with Gasteiger partial charge in [0.05, 0.1) is 18.2 Å². The van der Waals surface area contributed by atoms with Crippen LogP contribution in [0.1, 0.15) is 83.0 Å². The van der Waals surface area contributed by atoms with E-state index in [1.165, 1.54) is 5.01 Å². The quantitative estimate of drug-likeness (QED) is 0.127. The van der Waals surface area contributed by atoms with E-state index in [1.54, 1.807) is 47.4 Å². The molecule has 6 bridgehead atoms. The van der Waals surface area contributed by atoms with Gasteiger partial charge in [-0.15, -0.1) is 0 Å². The van der Waals surface area contributed by atoms with Gasteiger partial charge in [0.25, 0.3) is 5.91 Å². The number of amides is 4. The number of likely N-dealkylation sites (tertiary alicyclic amines) is 2. The van der Waals surface area contributed by atoms with Gasteiger partial charge in [-0.2, -0.15) is 0 Å². The van der Waals surface area contributed by atoms with Crippen LogP contribution in [0.15, 0.2) is 71.9 Å². The number of benzene rings is 2. The average molecular weight is 959 g/mol. The third kappa shape index (κ3) is 9.82. The molecule has 16 heteroatoms. The van der Waals surface area contributed by atoms with Crippen molar-refractivity contribution in [3.05, 3.63) is 83.7 Å². The molecular formula is C54H70N8O8. The molecule has 0 radical (unpaired) electrons. The zero-order chi connectivity index (χ0) is 50.2.